The molecule has 4 heteroatoms. The van der Waals surface area contributed by atoms with Crippen molar-refractivity contribution in [3.05, 3.63) is 28.2 Å². The van der Waals surface area contributed by atoms with Crippen LogP contribution in [0.1, 0.15) is 43.5 Å². The maximum atomic E-state index is 12.3. The third kappa shape index (κ3) is 3.50. The van der Waals surface area contributed by atoms with E-state index < -0.39 is 0 Å². The van der Waals surface area contributed by atoms with Gasteiger partial charge < -0.3 is 11.1 Å². The summed E-state index contributed by atoms with van der Waals surface area (Å²) in [6.07, 6.45) is 3.31. The Hall–Kier alpha value is -1.03. The topological polar surface area (TPSA) is 55.1 Å². The number of amides is 1. The summed E-state index contributed by atoms with van der Waals surface area (Å²) < 4.78 is 0.788. The summed E-state index contributed by atoms with van der Waals surface area (Å²) in [5.74, 6) is 1.39. The van der Waals surface area contributed by atoms with Gasteiger partial charge in [0.2, 0.25) is 0 Å². The summed E-state index contributed by atoms with van der Waals surface area (Å²) in [7, 11) is 0. The molecule has 1 aromatic carbocycles. The van der Waals surface area contributed by atoms with Crippen molar-refractivity contribution in [3.63, 3.8) is 0 Å². The molecule has 3 nitrogen and oxygen atoms in total. The van der Waals surface area contributed by atoms with E-state index in [0.29, 0.717) is 17.2 Å². The second-order valence-corrected chi connectivity index (χ2v) is 6.53. The predicted octanol–water partition coefficient (Wildman–Crippen LogP) is 3.59. The largest absolute Gasteiger partial charge is 0.399 e. The number of rotatable bonds is 2. The lowest BCUT2D eigenvalue weighted by atomic mass is 9.79. The average molecular weight is 325 g/mol. The normalized spacial score (nSPS) is 27.0. The molecule has 2 rings (SSSR count). The molecule has 0 saturated heterocycles. The number of nitrogen functional groups attached to an aromatic ring is 1. The van der Waals surface area contributed by atoms with E-state index in [1.54, 1.807) is 12.1 Å². The third-order valence-corrected chi connectivity index (χ3v) is 4.86. The van der Waals surface area contributed by atoms with Crippen molar-refractivity contribution in [1.29, 1.82) is 0 Å². The molecule has 0 spiro atoms. The van der Waals surface area contributed by atoms with Crippen molar-refractivity contribution in [2.24, 2.45) is 11.8 Å². The highest BCUT2D eigenvalue weighted by Crippen LogP contribution is 2.29. The van der Waals surface area contributed by atoms with E-state index in [9.17, 15) is 4.79 Å². The zero-order chi connectivity index (χ0) is 14.0. The number of carbonyl (C=O) groups is 1. The minimum atomic E-state index is -0.0362. The van der Waals surface area contributed by atoms with Gasteiger partial charge in [-0.3, -0.25) is 4.79 Å². The molecule has 104 valence electrons. The highest BCUT2D eigenvalue weighted by molar-refractivity contribution is 9.10. The molecule has 3 atom stereocenters. The lowest BCUT2D eigenvalue weighted by Crippen LogP contribution is -2.40. The summed E-state index contributed by atoms with van der Waals surface area (Å²) in [6.45, 7) is 4.55. The molecule has 3 unspecified atom stereocenters. The van der Waals surface area contributed by atoms with E-state index in [2.05, 4.69) is 35.1 Å². The minimum Gasteiger partial charge on any atom is -0.399 e. The van der Waals surface area contributed by atoms with Crippen LogP contribution in [0.2, 0.25) is 0 Å². The van der Waals surface area contributed by atoms with E-state index in [4.69, 9.17) is 5.73 Å². The monoisotopic (exact) mass is 324 g/mol. The van der Waals surface area contributed by atoms with Crippen LogP contribution in [-0.2, 0) is 0 Å². The lowest BCUT2D eigenvalue weighted by molar-refractivity contribution is 0.0910. The fraction of sp³-hybridized carbons (Fsp3) is 0.533. The zero-order valence-electron chi connectivity index (χ0n) is 11.4. The van der Waals surface area contributed by atoms with Crippen LogP contribution in [0.25, 0.3) is 0 Å². The molecule has 0 radical (unpaired) electrons. The Labute approximate surface area is 123 Å². The summed E-state index contributed by atoms with van der Waals surface area (Å²) >= 11 is 3.40. The van der Waals surface area contributed by atoms with Crippen molar-refractivity contribution in [2.75, 3.05) is 5.73 Å². The average Bonchev–Trinajstić information content (AvgIpc) is 2.36. The van der Waals surface area contributed by atoms with Crippen LogP contribution >= 0.6 is 15.9 Å². The van der Waals surface area contributed by atoms with Crippen molar-refractivity contribution < 1.29 is 4.79 Å². The fourth-order valence-electron chi connectivity index (χ4n) is 2.66. The van der Waals surface area contributed by atoms with Gasteiger partial charge in [-0.1, -0.05) is 13.8 Å². The van der Waals surface area contributed by atoms with Crippen LogP contribution in [0, 0.1) is 11.8 Å². The molecule has 0 heterocycles. The molecule has 0 bridgehead atoms. The maximum absolute atomic E-state index is 12.3. The van der Waals surface area contributed by atoms with Crippen LogP contribution in [0.4, 0.5) is 5.69 Å². The second-order valence-electron chi connectivity index (χ2n) is 5.68. The predicted molar refractivity (Wildman–Crippen MR) is 82.0 cm³/mol. The molecule has 1 aliphatic rings. The van der Waals surface area contributed by atoms with E-state index in [-0.39, 0.29) is 11.9 Å². The van der Waals surface area contributed by atoms with Gasteiger partial charge in [-0.05, 0) is 65.2 Å². The number of carbonyl (C=O) groups excluding carboxylic acids is 1. The quantitative estimate of drug-likeness (QED) is 0.817. The molecule has 1 aromatic rings. The van der Waals surface area contributed by atoms with Gasteiger partial charge in [-0.2, -0.15) is 0 Å². The highest BCUT2D eigenvalue weighted by atomic mass is 79.9. The first-order valence-corrected chi connectivity index (χ1v) is 7.62. The first kappa shape index (κ1) is 14.4. The van der Waals surface area contributed by atoms with Crippen molar-refractivity contribution in [3.8, 4) is 0 Å². The van der Waals surface area contributed by atoms with E-state index >= 15 is 0 Å². The van der Waals surface area contributed by atoms with Crippen LogP contribution < -0.4 is 11.1 Å². The number of halogens is 1. The second kappa shape index (κ2) is 5.95. The van der Waals surface area contributed by atoms with Crippen LogP contribution in [-0.4, -0.2) is 11.9 Å². The molecule has 3 N–H and O–H groups in total. The van der Waals surface area contributed by atoms with Gasteiger partial charge in [0.05, 0.1) is 5.56 Å². The Balaban J connectivity index is 2.03. The molecular weight excluding hydrogens is 304 g/mol. The lowest BCUT2D eigenvalue weighted by Gasteiger charge is -2.32. The molecule has 0 aromatic heterocycles. The summed E-state index contributed by atoms with van der Waals surface area (Å²) in [6, 6.07) is 5.60. The highest BCUT2D eigenvalue weighted by Gasteiger charge is 2.26. The van der Waals surface area contributed by atoms with Gasteiger partial charge in [-0.15, -0.1) is 0 Å². The molecule has 1 amide bonds. The van der Waals surface area contributed by atoms with Gasteiger partial charge in [0, 0.05) is 16.2 Å². The summed E-state index contributed by atoms with van der Waals surface area (Å²) in [5.41, 5.74) is 6.96. The molecule has 1 fully saturated rings. The van der Waals surface area contributed by atoms with Gasteiger partial charge in [-0.25, -0.2) is 0 Å². The zero-order valence-corrected chi connectivity index (χ0v) is 13.0. The smallest absolute Gasteiger partial charge is 0.252 e. The van der Waals surface area contributed by atoms with Crippen LogP contribution in [0.5, 0.6) is 0 Å². The third-order valence-electron chi connectivity index (χ3n) is 4.17. The Bertz CT molecular complexity index is 475. The SMILES string of the molecule is CC1CCC(NC(=O)c2cc(N)ccc2Br)CC1C. The molecule has 19 heavy (non-hydrogen) atoms. The Morgan fingerprint density at radius 3 is 2.74 bits per heavy atom. The maximum Gasteiger partial charge on any atom is 0.252 e. The van der Waals surface area contributed by atoms with Crippen LogP contribution in [0.3, 0.4) is 0 Å². The fourth-order valence-corrected chi connectivity index (χ4v) is 3.09. The number of benzene rings is 1. The van der Waals surface area contributed by atoms with Gasteiger partial charge in [0.1, 0.15) is 0 Å². The van der Waals surface area contributed by atoms with E-state index in [1.807, 2.05) is 6.07 Å². The minimum absolute atomic E-state index is 0.0362. The number of nitrogens with one attached hydrogen (secondary N) is 1. The van der Waals surface area contributed by atoms with Crippen molar-refractivity contribution >= 4 is 27.5 Å². The van der Waals surface area contributed by atoms with Crippen molar-refractivity contribution in [2.45, 2.75) is 39.2 Å². The standard InChI is InChI=1S/C15H21BrN2O/c1-9-3-5-12(7-10(9)2)18-15(19)13-8-11(17)4-6-14(13)16/h4,6,8-10,12H,3,5,7,17H2,1-2H3,(H,18,19). The van der Waals surface area contributed by atoms with Crippen LogP contribution in [0.15, 0.2) is 22.7 Å². The van der Waals surface area contributed by atoms with E-state index in [0.717, 1.165) is 23.2 Å². The Kier molecular flexibility index (Phi) is 4.50. The molecular formula is C15H21BrN2O. The number of hydrogen-bond donors (Lipinski definition) is 2. The number of hydrogen-bond acceptors (Lipinski definition) is 2. The first-order chi connectivity index (χ1) is 8.97. The van der Waals surface area contributed by atoms with Crippen molar-refractivity contribution in [1.82, 2.24) is 5.32 Å². The number of anilines is 1. The summed E-state index contributed by atoms with van der Waals surface area (Å²) in [4.78, 5) is 12.3. The Morgan fingerprint density at radius 2 is 2.05 bits per heavy atom. The first-order valence-electron chi connectivity index (χ1n) is 6.83. The molecule has 0 aliphatic heterocycles. The van der Waals surface area contributed by atoms with E-state index in [1.165, 1.54) is 6.42 Å². The Morgan fingerprint density at radius 1 is 1.32 bits per heavy atom. The van der Waals surface area contributed by atoms with Gasteiger partial charge >= 0.3 is 0 Å². The van der Waals surface area contributed by atoms with Gasteiger partial charge in [0.15, 0.2) is 0 Å². The number of nitrogens with two attached hydrogens (primary N) is 1. The molecule has 1 saturated carbocycles. The molecule has 1 aliphatic carbocycles. The summed E-state index contributed by atoms with van der Waals surface area (Å²) in [5, 5.41) is 3.13. The van der Waals surface area contributed by atoms with Gasteiger partial charge in [0.25, 0.3) is 5.91 Å².